The van der Waals surface area contributed by atoms with E-state index in [-0.39, 0.29) is 23.1 Å². The zero-order chi connectivity index (χ0) is 20.4. The molecule has 0 bridgehead atoms. The van der Waals surface area contributed by atoms with Crippen molar-refractivity contribution < 1.29 is 18.0 Å². The predicted octanol–water partition coefficient (Wildman–Crippen LogP) is 2.91. The zero-order valence-electron chi connectivity index (χ0n) is 15.6. The molecular weight excluding hydrogens is 410 g/mol. The fraction of sp³-hybridized carbons (Fsp3) is 0.300. The summed E-state index contributed by atoms with van der Waals surface area (Å²) in [7, 11) is -3.55. The highest BCUT2D eigenvalue weighted by molar-refractivity contribution is 8.01. The van der Waals surface area contributed by atoms with Gasteiger partial charge < -0.3 is 10.6 Å². The fourth-order valence-electron chi connectivity index (χ4n) is 3.42. The van der Waals surface area contributed by atoms with Crippen LogP contribution in [0.1, 0.15) is 19.3 Å². The molecule has 2 aromatic rings. The minimum absolute atomic E-state index is 0.00601. The Labute approximate surface area is 173 Å². The maximum Gasteiger partial charge on any atom is 0.243 e. The molecule has 0 radical (unpaired) electrons. The summed E-state index contributed by atoms with van der Waals surface area (Å²) in [6, 6.07) is 13.7. The van der Waals surface area contributed by atoms with Crippen LogP contribution in [0.15, 0.2) is 58.3 Å². The Morgan fingerprint density at radius 3 is 2.69 bits per heavy atom. The van der Waals surface area contributed by atoms with Gasteiger partial charge in [-0.3, -0.25) is 9.59 Å². The van der Waals surface area contributed by atoms with Crippen molar-refractivity contribution in [1.82, 2.24) is 4.31 Å². The quantitative estimate of drug-likeness (QED) is 0.759. The van der Waals surface area contributed by atoms with Crippen molar-refractivity contribution in [3.8, 4) is 0 Å². The first-order valence-electron chi connectivity index (χ1n) is 9.40. The number of fused-ring (bicyclic) bond motifs is 1. The largest absolute Gasteiger partial charge is 0.326 e. The van der Waals surface area contributed by atoms with Gasteiger partial charge in [0.05, 0.1) is 15.8 Å². The van der Waals surface area contributed by atoms with E-state index in [1.165, 1.54) is 28.2 Å². The third-order valence-corrected chi connectivity index (χ3v) is 8.07. The molecule has 1 saturated heterocycles. The van der Waals surface area contributed by atoms with Crippen LogP contribution in [-0.4, -0.2) is 42.9 Å². The molecule has 2 amide bonds. The van der Waals surface area contributed by atoms with Gasteiger partial charge in [0.2, 0.25) is 21.8 Å². The number of nitrogens with zero attached hydrogens (tertiary/aromatic N) is 1. The molecule has 2 aliphatic heterocycles. The third kappa shape index (κ3) is 4.31. The lowest BCUT2D eigenvalue weighted by molar-refractivity contribution is -0.120. The first-order valence-corrected chi connectivity index (χ1v) is 11.7. The molecule has 1 atom stereocenters. The summed E-state index contributed by atoms with van der Waals surface area (Å²) in [4.78, 5) is 25.9. The number of para-hydroxylation sites is 1. The predicted molar refractivity (Wildman–Crippen MR) is 112 cm³/mol. The fourth-order valence-corrected chi connectivity index (χ4v) is 6.09. The molecule has 2 N–H and O–H groups in total. The molecule has 1 unspecified atom stereocenters. The number of thioether (sulfide) groups is 1. The number of carbonyl (C=O) groups is 2. The van der Waals surface area contributed by atoms with Gasteiger partial charge in [-0.15, -0.1) is 11.8 Å². The van der Waals surface area contributed by atoms with Gasteiger partial charge in [-0.2, -0.15) is 4.31 Å². The molecule has 7 nitrogen and oxygen atoms in total. The van der Waals surface area contributed by atoms with E-state index in [0.29, 0.717) is 18.8 Å². The molecule has 1 fully saturated rings. The van der Waals surface area contributed by atoms with Gasteiger partial charge in [0, 0.05) is 30.1 Å². The maximum absolute atomic E-state index is 12.7. The van der Waals surface area contributed by atoms with Crippen molar-refractivity contribution >= 4 is 45.0 Å². The van der Waals surface area contributed by atoms with Crippen molar-refractivity contribution in [3.05, 3.63) is 48.5 Å². The topological polar surface area (TPSA) is 95.6 Å². The zero-order valence-corrected chi connectivity index (χ0v) is 17.3. The van der Waals surface area contributed by atoms with Gasteiger partial charge >= 0.3 is 0 Å². The standard InChI is InChI=1S/C20H21N3O4S2/c24-19(13-18-20(25)22-16-8-1-2-9-17(16)28-18)21-14-6-5-7-15(12-14)29(26,27)23-10-3-4-11-23/h1-2,5-9,12,18H,3-4,10-11,13H2,(H,21,24)(H,22,25). The van der Waals surface area contributed by atoms with Crippen LogP contribution in [0, 0.1) is 0 Å². The molecular formula is C20H21N3O4S2. The molecule has 2 aromatic carbocycles. The number of benzene rings is 2. The summed E-state index contributed by atoms with van der Waals surface area (Å²) in [6.07, 6.45) is 1.72. The molecule has 2 heterocycles. The van der Waals surface area contributed by atoms with Crippen LogP contribution < -0.4 is 10.6 Å². The van der Waals surface area contributed by atoms with Crippen molar-refractivity contribution in [2.24, 2.45) is 0 Å². The Kier molecular flexibility index (Phi) is 5.62. The average molecular weight is 432 g/mol. The lowest BCUT2D eigenvalue weighted by Gasteiger charge is -2.23. The highest BCUT2D eigenvalue weighted by Crippen LogP contribution is 2.36. The molecule has 4 rings (SSSR count). The first kappa shape index (κ1) is 19.9. The SMILES string of the molecule is O=C(CC1Sc2ccccc2NC1=O)Nc1cccc(S(=O)(=O)N2CCCC2)c1. The molecule has 0 spiro atoms. The van der Waals surface area contributed by atoms with Crippen molar-refractivity contribution in [2.45, 2.75) is 34.3 Å². The van der Waals surface area contributed by atoms with Crippen LogP contribution >= 0.6 is 11.8 Å². The number of hydrogen-bond acceptors (Lipinski definition) is 5. The van der Waals surface area contributed by atoms with E-state index in [1.54, 1.807) is 12.1 Å². The molecule has 0 saturated carbocycles. The van der Waals surface area contributed by atoms with E-state index in [4.69, 9.17) is 0 Å². The van der Waals surface area contributed by atoms with Crippen LogP contribution in [0.2, 0.25) is 0 Å². The maximum atomic E-state index is 12.7. The van der Waals surface area contributed by atoms with E-state index in [0.717, 1.165) is 23.4 Å². The van der Waals surface area contributed by atoms with E-state index >= 15 is 0 Å². The first-order chi connectivity index (χ1) is 13.9. The molecule has 9 heteroatoms. The number of amides is 2. The Morgan fingerprint density at radius 2 is 1.90 bits per heavy atom. The van der Waals surface area contributed by atoms with Gasteiger partial charge in [-0.05, 0) is 43.2 Å². The summed E-state index contributed by atoms with van der Waals surface area (Å²) in [5.74, 6) is -0.554. The molecule has 0 aromatic heterocycles. The van der Waals surface area contributed by atoms with Crippen molar-refractivity contribution in [2.75, 3.05) is 23.7 Å². The second-order valence-electron chi connectivity index (χ2n) is 6.98. The van der Waals surface area contributed by atoms with Gasteiger partial charge in [0.25, 0.3) is 0 Å². The van der Waals surface area contributed by atoms with Crippen molar-refractivity contribution in [1.29, 1.82) is 0 Å². The van der Waals surface area contributed by atoms with Gasteiger partial charge in [0.15, 0.2) is 0 Å². The minimum atomic E-state index is -3.55. The van der Waals surface area contributed by atoms with Crippen LogP contribution in [0.5, 0.6) is 0 Å². The van der Waals surface area contributed by atoms with E-state index in [1.807, 2.05) is 24.3 Å². The lowest BCUT2D eigenvalue weighted by Crippen LogP contribution is -2.32. The smallest absolute Gasteiger partial charge is 0.243 e. The minimum Gasteiger partial charge on any atom is -0.326 e. The summed E-state index contributed by atoms with van der Waals surface area (Å²) in [6.45, 7) is 1.04. The van der Waals surface area contributed by atoms with Crippen molar-refractivity contribution in [3.63, 3.8) is 0 Å². The summed E-state index contributed by atoms with van der Waals surface area (Å²) < 4.78 is 26.9. The van der Waals surface area contributed by atoms with Gasteiger partial charge in [-0.1, -0.05) is 18.2 Å². The average Bonchev–Trinajstić information content (AvgIpc) is 3.24. The van der Waals surface area contributed by atoms with Crippen LogP contribution in [-0.2, 0) is 19.6 Å². The normalized spacial score (nSPS) is 19.4. The number of anilines is 2. The second kappa shape index (κ2) is 8.17. The highest BCUT2D eigenvalue weighted by atomic mass is 32.2. The number of nitrogens with one attached hydrogen (secondary N) is 2. The van der Waals surface area contributed by atoms with Gasteiger partial charge in [-0.25, -0.2) is 8.42 Å². The van der Waals surface area contributed by atoms with E-state index in [9.17, 15) is 18.0 Å². The number of rotatable bonds is 5. The Morgan fingerprint density at radius 1 is 1.14 bits per heavy atom. The van der Waals surface area contributed by atoms with E-state index < -0.39 is 15.3 Å². The molecule has 2 aliphatic rings. The molecule has 0 aliphatic carbocycles. The highest BCUT2D eigenvalue weighted by Gasteiger charge is 2.30. The van der Waals surface area contributed by atoms with E-state index in [2.05, 4.69) is 10.6 Å². The summed E-state index contributed by atoms with van der Waals surface area (Å²) in [5.41, 5.74) is 1.15. The number of hydrogen-bond donors (Lipinski definition) is 2. The number of carbonyl (C=O) groups excluding carboxylic acids is 2. The van der Waals surface area contributed by atoms with Crippen LogP contribution in [0.4, 0.5) is 11.4 Å². The Balaban J connectivity index is 1.43. The van der Waals surface area contributed by atoms with Crippen LogP contribution in [0.3, 0.4) is 0 Å². The second-order valence-corrected chi connectivity index (χ2v) is 10.2. The van der Waals surface area contributed by atoms with Crippen LogP contribution in [0.25, 0.3) is 0 Å². The Bertz CT molecular complexity index is 1050. The third-order valence-electron chi connectivity index (χ3n) is 4.90. The monoisotopic (exact) mass is 431 g/mol. The summed E-state index contributed by atoms with van der Waals surface area (Å²) >= 11 is 1.35. The Hall–Kier alpha value is -2.36. The van der Waals surface area contributed by atoms with Gasteiger partial charge in [0.1, 0.15) is 0 Å². The molecule has 152 valence electrons. The molecule has 29 heavy (non-hydrogen) atoms. The lowest BCUT2D eigenvalue weighted by atomic mass is 10.2. The summed E-state index contributed by atoms with van der Waals surface area (Å²) in [5, 5.41) is 5.00. The number of sulfonamides is 1.